The SMILES string of the molecule is Cc1cc(C)c(-c2csc(NC(=O)COC(=O)c3ccc(C=O)cc3)n2)cc1C. The van der Waals surface area contributed by atoms with Gasteiger partial charge < -0.3 is 4.74 Å². The lowest BCUT2D eigenvalue weighted by molar-refractivity contribution is -0.119. The Morgan fingerprint density at radius 3 is 2.45 bits per heavy atom. The number of carbonyl (C=O) groups excluding carboxylic acids is 3. The summed E-state index contributed by atoms with van der Waals surface area (Å²) in [4.78, 5) is 39.2. The Balaban J connectivity index is 1.59. The minimum atomic E-state index is -0.636. The largest absolute Gasteiger partial charge is 0.452 e. The lowest BCUT2D eigenvalue weighted by Crippen LogP contribution is -2.20. The van der Waals surface area contributed by atoms with Crippen LogP contribution >= 0.6 is 11.3 Å². The van der Waals surface area contributed by atoms with Gasteiger partial charge in [-0.1, -0.05) is 18.2 Å². The Labute approximate surface area is 172 Å². The highest BCUT2D eigenvalue weighted by molar-refractivity contribution is 7.14. The van der Waals surface area contributed by atoms with E-state index in [2.05, 4.69) is 29.4 Å². The molecule has 7 heteroatoms. The fraction of sp³-hybridized carbons (Fsp3) is 0.182. The van der Waals surface area contributed by atoms with Crippen molar-refractivity contribution in [2.24, 2.45) is 0 Å². The first kappa shape index (κ1) is 20.4. The molecule has 0 fully saturated rings. The van der Waals surface area contributed by atoms with Crippen molar-refractivity contribution in [3.8, 4) is 11.3 Å². The van der Waals surface area contributed by atoms with Crippen LogP contribution in [0.1, 0.15) is 37.4 Å². The maximum Gasteiger partial charge on any atom is 0.338 e. The normalized spacial score (nSPS) is 10.4. The summed E-state index contributed by atoms with van der Waals surface area (Å²) in [5.41, 5.74) is 6.05. The van der Waals surface area contributed by atoms with E-state index in [4.69, 9.17) is 4.74 Å². The highest BCUT2D eigenvalue weighted by atomic mass is 32.1. The van der Waals surface area contributed by atoms with E-state index in [1.807, 2.05) is 19.2 Å². The number of esters is 1. The average Bonchev–Trinajstić information content (AvgIpc) is 3.17. The molecular formula is C22H20N2O4S. The van der Waals surface area contributed by atoms with Gasteiger partial charge in [-0.2, -0.15) is 0 Å². The zero-order chi connectivity index (χ0) is 21.0. The van der Waals surface area contributed by atoms with Crippen LogP contribution in [0.5, 0.6) is 0 Å². The summed E-state index contributed by atoms with van der Waals surface area (Å²) >= 11 is 1.31. The van der Waals surface area contributed by atoms with Crippen molar-refractivity contribution in [3.63, 3.8) is 0 Å². The third-order valence-corrected chi connectivity index (χ3v) is 5.24. The number of hydrogen-bond acceptors (Lipinski definition) is 6. The van der Waals surface area contributed by atoms with E-state index in [0.717, 1.165) is 16.8 Å². The Kier molecular flexibility index (Phi) is 6.19. The van der Waals surface area contributed by atoms with Crippen molar-refractivity contribution in [2.45, 2.75) is 20.8 Å². The average molecular weight is 408 g/mol. The molecule has 0 atom stereocenters. The van der Waals surface area contributed by atoms with Gasteiger partial charge in [0.05, 0.1) is 11.3 Å². The molecule has 0 saturated heterocycles. The molecule has 29 heavy (non-hydrogen) atoms. The van der Waals surface area contributed by atoms with Crippen molar-refractivity contribution >= 4 is 34.6 Å². The molecule has 2 aromatic carbocycles. The van der Waals surface area contributed by atoms with Crippen molar-refractivity contribution in [2.75, 3.05) is 11.9 Å². The molecule has 3 aromatic rings. The van der Waals surface area contributed by atoms with Crippen molar-refractivity contribution < 1.29 is 19.1 Å². The number of nitrogens with zero attached hydrogens (tertiary/aromatic N) is 1. The number of ether oxygens (including phenoxy) is 1. The molecule has 1 N–H and O–H groups in total. The molecule has 6 nitrogen and oxygen atoms in total. The molecule has 0 bridgehead atoms. The van der Waals surface area contributed by atoms with E-state index in [-0.39, 0.29) is 5.56 Å². The first-order valence-corrected chi connectivity index (χ1v) is 9.81. The quantitative estimate of drug-likeness (QED) is 0.484. The molecule has 148 valence electrons. The third kappa shape index (κ3) is 4.94. The lowest BCUT2D eigenvalue weighted by Gasteiger charge is -2.07. The third-order valence-electron chi connectivity index (χ3n) is 4.48. The number of nitrogens with one attached hydrogen (secondary N) is 1. The summed E-state index contributed by atoms with van der Waals surface area (Å²) in [6.07, 6.45) is 0.685. The zero-order valence-electron chi connectivity index (χ0n) is 16.3. The van der Waals surface area contributed by atoms with E-state index in [1.54, 1.807) is 0 Å². The summed E-state index contributed by atoms with van der Waals surface area (Å²) < 4.78 is 5.01. The van der Waals surface area contributed by atoms with E-state index in [9.17, 15) is 14.4 Å². The fourth-order valence-electron chi connectivity index (χ4n) is 2.76. The Bertz CT molecular complexity index is 1070. The van der Waals surface area contributed by atoms with Gasteiger partial charge in [-0.25, -0.2) is 9.78 Å². The zero-order valence-corrected chi connectivity index (χ0v) is 17.1. The molecule has 1 aromatic heterocycles. The maximum absolute atomic E-state index is 12.1. The van der Waals surface area contributed by atoms with Gasteiger partial charge in [0.1, 0.15) is 6.29 Å². The first-order chi connectivity index (χ1) is 13.9. The summed E-state index contributed by atoms with van der Waals surface area (Å²) in [5, 5.41) is 4.97. The second-order valence-electron chi connectivity index (χ2n) is 6.65. The first-order valence-electron chi connectivity index (χ1n) is 8.93. The highest BCUT2D eigenvalue weighted by Crippen LogP contribution is 2.29. The van der Waals surface area contributed by atoms with Crippen molar-refractivity contribution in [1.82, 2.24) is 4.98 Å². The van der Waals surface area contributed by atoms with Crippen molar-refractivity contribution in [3.05, 3.63) is 69.6 Å². The van der Waals surface area contributed by atoms with Gasteiger partial charge in [0.25, 0.3) is 5.91 Å². The van der Waals surface area contributed by atoms with E-state index < -0.39 is 18.5 Å². The predicted octanol–water partition coefficient (Wildman–Crippen LogP) is 4.34. The fourth-order valence-corrected chi connectivity index (χ4v) is 3.49. The summed E-state index contributed by atoms with van der Waals surface area (Å²) in [6.45, 7) is 5.72. The molecule has 0 radical (unpaired) electrons. The van der Waals surface area contributed by atoms with Gasteiger partial charge in [-0.15, -0.1) is 11.3 Å². The highest BCUT2D eigenvalue weighted by Gasteiger charge is 2.13. The number of aryl methyl sites for hydroxylation is 3. The van der Waals surface area contributed by atoms with Crippen molar-refractivity contribution in [1.29, 1.82) is 0 Å². The number of amides is 1. The number of thiazole rings is 1. The van der Waals surface area contributed by atoms with Crippen LogP contribution in [-0.4, -0.2) is 29.8 Å². The summed E-state index contributed by atoms with van der Waals surface area (Å²) in [6, 6.07) is 10.2. The van der Waals surface area contributed by atoms with Crippen LogP contribution in [0.2, 0.25) is 0 Å². The molecule has 0 unspecified atom stereocenters. The summed E-state index contributed by atoms with van der Waals surface area (Å²) in [7, 11) is 0. The van der Waals surface area contributed by atoms with Crippen LogP contribution in [0.4, 0.5) is 5.13 Å². The number of carbonyl (C=O) groups is 3. The molecule has 0 aliphatic rings. The van der Waals surface area contributed by atoms with Gasteiger partial charge in [-0.3, -0.25) is 14.9 Å². The van der Waals surface area contributed by atoms with Crippen LogP contribution in [-0.2, 0) is 9.53 Å². The maximum atomic E-state index is 12.1. The molecule has 0 spiro atoms. The second-order valence-corrected chi connectivity index (χ2v) is 7.51. The topological polar surface area (TPSA) is 85.4 Å². The number of hydrogen-bond donors (Lipinski definition) is 1. The van der Waals surface area contributed by atoms with Gasteiger partial charge in [-0.05, 0) is 55.7 Å². The standard InChI is InChI=1S/C22H20N2O4S/c1-13-8-15(3)18(9-14(13)2)19-12-29-22(23-19)24-20(26)11-28-21(27)17-6-4-16(10-25)5-7-17/h4-10,12H,11H2,1-3H3,(H,23,24,26). The van der Waals surface area contributed by atoms with Gasteiger partial charge in [0.2, 0.25) is 0 Å². The van der Waals surface area contributed by atoms with Gasteiger partial charge in [0, 0.05) is 16.5 Å². The van der Waals surface area contributed by atoms with Crippen LogP contribution in [0.15, 0.2) is 41.8 Å². The van der Waals surface area contributed by atoms with Crippen LogP contribution in [0.25, 0.3) is 11.3 Å². The molecule has 3 rings (SSSR count). The number of anilines is 1. The predicted molar refractivity (Wildman–Crippen MR) is 113 cm³/mol. The van der Waals surface area contributed by atoms with Crippen LogP contribution < -0.4 is 5.32 Å². The Morgan fingerprint density at radius 2 is 1.76 bits per heavy atom. The van der Waals surface area contributed by atoms with Crippen LogP contribution in [0, 0.1) is 20.8 Å². The van der Waals surface area contributed by atoms with E-state index in [1.165, 1.54) is 46.7 Å². The second kappa shape index (κ2) is 8.79. The van der Waals surface area contributed by atoms with Crippen LogP contribution in [0.3, 0.4) is 0 Å². The van der Waals surface area contributed by atoms with E-state index in [0.29, 0.717) is 17.0 Å². The smallest absolute Gasteiger partial charge is 0.338 e. The monoisotopic (exact) mass is 408 g/mol. The number of aromatic nitrogens is 1. The van der Waals surface area contributed by atoms with Gasteiger partial charge >= 0.3 is 5.97 Å². The number of rotatable bonds is 6. The molecular weight excluding hydrogens is 388 g/mol. The van der Waals surface area contributed by atoms with Gasteiger partial charge in [0.15, 0.2) is 11.7 Å². The molecule has 0 aliphatic carbocycles. The number of aldehydes is 1. The molecule has 1 amide bonds. The number of benzene rings is 2. The lowest BCUT2D eigenvalue weighted by atomic mass is 9.99. The summed E-state index contributed by atoms with van der Waals surface area (Å²) in [5.74, 6) is -1.11. The minimum Gasteiger partial charge on any atom is -0.452 e. The molecule has 1 heterocycles. The van der Waals surface area contributed by atoms with E-state index >= 15 is 0 Å². The Hall–Kier alpha value is -3.32. The molecule has 0 aliphatic heterocycles. The molecule has 0 saturated carbocycles. The minimum absolute atomic E-state index is 0.269. The Morgan fingerprint density at radius 1 is 1.07 bits per heavy atom.